The number of benzene rings is 1. The van der Waals surface area contributed by atoms with Crippen LogP contribution in [-0.4, -0.2) is 31.7 Å². The van der Waals surface area contributed by atoms with E-state index < -0.39 is 10.0 Å². The Labute approximate surface area is 148 Å². The van der Waals surface area contributed by atoms with E-state index in [2.05, 4.69) is 5.32 Å². The summed E-state index contributed by atoms with van der Waals surface area (Å²) in [5.74, 6) is 0.160. The van der Waals surface area contributed by atoms with Gasteiger partial charge in [0.25, 0.3) is 0 Å². The quantitative estimate of drug-likeness (QED) is 0.694. The van der Waals surface area contributed by atoms with Crippen molar-refractivity contribution in [2.24, 2.45) is 0 Å². The second-order valence-electron chi connectivity index (χ2n) is 5.87. The van der Waals surface area contributed by atoms with Crippen LogP contribution in [0.5, 0.6) is 0 Å². The monoisotopic (exact) mass is 364 g/mol. The highest BCUT2D eigenvalue weighted by atomic mass is 32.2. The molecule has 0 spiro atoms. The summed E-state index contributed by atoms with van der Waals surface area (Å²) in [5, 5.41) is 2.75. The molecule has 1 aromatic carbocycles. The molecule has 7 heteroatoms. The molecule has 2 rings (SSSR count). The van der Waals surface area contributed by atoms with Crippen molar-refractivity contribution in [1.29, 1.82) is 0 Å². The summed E-state index contributed by atoms with van der Waals surface area (Å²) in [4.78, 5) is 12.3. The molecule has 1 heterocycles. The number of hydrogen-bond acceptors (Lipinski definition) is 4. The minimum Gasteiger partial charge on any atom is -0.468 e. The van der Waals surface area contributed by atoms with Crippen LogP contribution < -0.4 is 5.32 Å². The van der Waals surface area contributed by atoms with Crippen LogP contribution in [0.15, 0.2) is 52.0 Å². The van der Waals surface area contributed by atoms with Crippen LogP contribution in [0.4, 0.5) is 0 Å². The maximum atomic E-state index is 12.9. The minimum absolute atomic E-state index is 0.00437. The first kappa shape index (κ1) is 19.2. The first-order valence-corrected chi connectivity index (χ1v) is 9.73. The molecule has 6 nitrogen and oxygen atoms in total. The summed E-state index contributed by atoms with van der Waals surface area (Å²) in [7, 11) is -3.81. The Morgan fingerprint density at radius 1 is 1.20 bits per heavy atom. The zero-order valence-corrected chi connectivity index (χ0v) is 15.4. The van der Waals surface area contributed by atoms with Crippen molar-refractivity contribution in [3.05, 3.63) is 54.0 Å². The minimum atomic E-state index is -3.81. The van der Waals surface area contributed by atoms with Crippen LogP contribution in [0.2, 0.25) is 0 Å². The highest BCUT2D eigenvalue weighted by Crippen LogP contribution is 2.19. The molecule has 0 unspecified atom stereocenters. The Bertz CT molecular complexity index is 768. The smallest absolute Gasteiger partial charge is 0.243 e. The topological polar surface area (TPSA) is 79.6 Å². The van der Waals surface area contributed by atoms with E-state index in [1.165, 1.54) is 6.26 Å². The number of amides is 1. The standard InChI is InChI=1S/C18H24N2O4S/c1-3-4-11-19-18(21)14-20(13-16-6-5-12-24-16)25(22,23)17-9-7-15(2)8-10-17/h5-10,12H,3-4,11,13-14H2,1-2H3,(H,19,21). The molecule has 1 aromatic heterocycles. The summed E-state index contributed by atoms with van der Waals surface area (Å²) in [6, 6.07) is 9.95. The summed E-state index contributed by atoms with van der Waals surface area (Å²) in [6.45, 7) is 4.20. The van der Waals surface area contributed by atoms with Gasteiger partial charge in [-0.1, -0.05) is 31.0 Å². The lowest BCUT2D eigenvalue weighted by molar-refractivity contribution is -0.121. The second-order valence-corrected chi connectivity index (χ2v) is 7.81. The zero-order chi connectivity index (χ0) is 18.3. The number of furan rings is 1. The zero-order valence-electron chi connectivity index (χ0n) is 14.6. The molecule has 0 aliphatic rings. The maximum absolute atomic E-state index is 12.9. The predicted molar refractivity (Wildman–Crippen MR) is 95.4 cm³/mol. The first-order chi connectivity index (χ1) is 11.9. The number of carbonyl (C=O) groups is 1. The lowest BCUT2D eigenvalue weighted by Crippen LogP contribution is -2.40. The second kappa shape index (κ2) is 8.82. The number of rotatable bonds is 9. The lowest BCUT2D eigenvalue weighted by Gasteiger charge is -2.21. The third kappa shape index (κ3) is 5.44. The van der Waals surface area contributed by atoms with Crippen LogP contribution in [-0.2, 0) is 21.4 Å². The third-order valence-corrected chi connectivity index (χ3v) is 5.55. The fourth-order valence-electron chi connectivity index (χ4n) is 2.28. The van der Waals surface area contributed by atoms with Crippen molar-refractivity contribution < 1.29 is 17.6 Å². The molecule has 25 heavy (non-hydrogen) atoms. The fourth-order valence-corrected chi connectivity index (χ4v) is 3.64. The van der Waals surface area contributed by atoms with Gasteiger partial charge in [0.1, 0.15) is 5.76 Å². The van der Waals surface area contributed by atoms with Gasteiger partial charge in [0.2, 0.25) is 15.9 Å². The summed E-state index contributed by atoms with van der Waals surface area (Å²) < 4.78 is 32.3. The van der Waals surface area contributed by atoms with Gasteiger partial charge in [0.15, 0.2) is 0 Å². The highest BCUT2D eigenvalue weighted by Gasteiger charge is 2.27. The molecule has 0 fully saturated rings. The Hall–Kier alpha value is -2.12. The molecule has 0 bridgehead atoms. The molecule has 2 aromatic rings. The van der Waals surface area contributed by atoms with Crippen molar-refractivity contribution in [3.63, 3.8) is 0 Å². The van der Waals surface area contributed by atoms with Gasteiger partial charge in [0, 0.05) is 6.54 Å². The van der Waals surface area contributed by atoms with E-state index in [1.54, 1.807) is 36.4 Å². The van der Waals surface area contributed by atoms with Gasteiger partial charge in [-0.15, -0.1) is 0 Å². The van der Waals surface area contributed by atoms with Gasteiger partial charge in [-0.05, 0) is 37.6 Å². The van der Waals surface area contributed by atoms with Crippen LogP contribution in [0.1, 0.15) is 31.1 Å². The summed E-state index contributed by atoms with van der Waals surface area (Å²) in [5.41, 5.74) is 0.967. The highest BCUT2D eigenvalue weighted by molar-refractivity contribution is 7.89. The van der Waals surface area contributed by atoms with Crippen molar-refractivity contribution >= 4 is 15.9 Å². The number of nitrogens with zero attached hydrogens (tertiary/aromatic N) is 1. The fraction of sp³-hybridized carbons (Fsp3) is 0.389. The van der Waals surface area contributed by atoms with E-state index in [9.17, 15) is 13.2 Å². The molecule has 1 amide bonds. The average Bonchev–Trinajstić information content (AvgIpc) is 3.08. The Morgan fingerprint density at radius 2 is 1.92 bits per heavy atom. The summed E-state index contributed by atoms with van der Waals surface area (Å²) in [6.07, 6.45) is 3.29. The van der Waals surface area contributed by atoms with Crippen molar-refractivity contribution in [3.8, 4) is 0 Å². The molecule has 0 atom stereocenters. The Kier molecular flexibility index (Phi) is 6.78. The third-order valence-electron chi connectivity index (χ3n) is 3.74. The molecular formula is C18H24N2O4S. The Morgan fingerprint density at radius 3 is 2.52 bits per heavy atom. The molecule has 0 radical (unpaired) electrons. The lowest BCUT2D eigenvalue weighted by atomic mass is 10.2. The first-order valence-electron chi connectivity index (χ1n) is 8.29. The van der Waals surface area contributed by atoms with Crippen LogP contribution in [0, 0.1) is 6.92 Å². The molecule has 0 aliphatic carbocycles. The van der Waals surface area contributed by atoms with Gasteiger partial charge in [-0.3, -0.25) is 4.79 Å². The van der Waals surface area contributed by atoms with Crippen molar-refractivity contribution in [2.75, 3.05) is 13.1 Å². The van der Waals surface area contributed by atoms with Crippen molar-refractivity contribution in [2.45, 2.75) is 38.1 Å². The van der Waals surface area contributed by atoms with Gasteiger partial charge in [-0.25, -0.2) is 8.42 Å². The number of carbonyl (C=O) groups excluding carboxylic acids is 1. The van der Waals surface area contributed by atoms with Gasteiger partial charge < -0.3 is 9.73 Å². The number of hydrogen-bond donors (Lipinski definition) is 1. The van der Waals surface area contributed by atoms with E-state index in [1.807, 2.05) is 13.8 Å². The van der Waals surface area contributed by atoms with Gasteiger partial charge in [0.05, 0.1) is 24.2 Å². The number of unbranched alkanes of at least 4 members (excludes halogenated alkanes) is 1. The van der Waals surface area contributed by atoms with Gasteiger partial charge >= 0.3 is 0 Å². The number of aryl methyl sites for hydroxylation is 1. The van der Waals surface area contributed by atoms with E-state index in [0.29, 0.717) is 12.3 Å². The molecule has 0 saturated carbocycles. The average molecular weight is 364 g/mol. The largest absolute Gasteiger partial charge is 0.468 e. The van der Waals surface area contributed by atoms with E-state index >= 15 is 0 Å². The molecule has 136 valence electrons. The Balaban J connectivity index is 2.20. The molecule has 1 N–H and O–H groups in total. The molecule has 0 saturated heterocycles. The number of nitrogens with one attached hydrogen (secondary N) is 1. The van der Waals surface area contributed by atoms with E-state index in [-0.39, 0.29) is 23.9 Å². The van der Waals surface area contributed by atoms with Crippen LogP contribution in [0.3, 0.4) is 0 Å². The maximum Gasteiger partial charge on any atom is 0.243 e. The van der Waals surface area contributed by atoms with E-state index in [0.717, 1.165) is 22.7 Å². The van der Waals surface area contributed by atoms with Crippen molar-refractivity contribution in [1.82, 2.24) is 9.62 Å². The number of sulfonamides is 1. The van der Waals surface area contributed by atoms with Crippen LogP contribution in [0.25, 0.3) is 0 Å². The van der Waals surface area contributed by atoms with Gasteiger partial charge in [-0.2, -0.15) is 4.31 Å². The van der Waals surface area contributed by atoms with Crippen LogP contribution >= 0.6 is 0 Å². The molecule has 0 aliphatic heterocycles. The SMILES string of the molecule is CCCCNC(=O)CN(Cc1ccco1)S(=O)(=O)c1ccc(C)cc1. The predicted octanol–water partition coefficient (Wildman–Crippen LogP) is 2.70. The normalized spacial score (nSPS) is 11.6. The van der Waals surface area contributed by atoms with E-state index in [4.69, 9.17) is 4.42 Å². The summed E-state index contributed by atoms with van der Waals surface area (Å²) >= 11 is 0. The molecular weight excluding hydrogens is 340 g/mol.